The van der Waals surface area contributed by atoms with Crippen LogP contribution in [-0.2, 0) is 10.3 Å². The van der Waals surface area contributed by atoms with Gasteiger partial charge in [-0.2, -0.15) is 0 Å². The Morgan fingerprint density at radius 2 is 1.44 bits per heavy atom. The third kappa shape index (κ3) is 2.21. The molecule has 4 rings (SSSR count). The maximum absolute atomic E-state index is 12.5. The Morgan fingerprint density at radius 3 is 2.08 bits per heavy atom. The number of phenols is 1. The Morgan fingerprint density at radius 1 is 0.840 bits per heavy atom. The Bertz CT molecular complexity index is 964. The number of nitroso groups, excluding NO2 is 1. The zero-order valence-electron chi connectivity index (χ0n) is 13.0. The van der Waals surface area contributed by atoms with Crippen molar-refractivity contribution in [2.45, 2.75) is 5.60 Å². The van der Waals surface area contributed by atoms with E-state index in [2.05, 4.69) is 5.18 Å². The van der Waals surface area contributed by atoms with Gasteiger partial charge in [-0.3, -0.25) is 0 Å². The molecular weight excluding hydrogens is 318 g/mol. The van der Waals surface area contributed by atoms with E-state index in [0.717, 1.165) is 5.56 Å². The van der Waals surface area contributed by atoms with E-state index in [-0.39, 0.29) is 5.75 Å². The molecule has 5 nitrogen and oxygen atoms in total. The van der Waals surface area contributed by atoms with Crippen LogP contribution in [0.1, 0.15) is 27.0 Å². The van der Waals surface area contributed by atoms with Crippen LogP contribution in [0.25, 0.3) is 0 Å². The van der Waals surface area contributed by atoms with Crippen molar-refractivity contribution in [2.75, 3.05) is 0 Å². The summed E-state index contributed by atoms with van der Waals surface area (Å²) in [4.78, 5) is 23.2. The maximum Gasteiger partial charge on any atom is 0.340 e. The molecule has 0 aliphatic carbocycles. The molecule has 3 aromatic carbocycles. The van der Waals surface area contributed by atoms with Crippen LogP contribution in [0.15, 0.2) is 78.0 Å². The second-order valence-corrected chi connectivity index (χ2v) is 5.80. The molecule has 0 saturated carbocycles. The van der Waals surface area contributed by atoms with Crippen molar-refractivity contribution in [3.8, 4) is 5.75 Å². The van der Waals surface area contributed by atoms with Gasteiger partial charge in [0.2, 0.25) is 0 Å². The molecule has 1 unspecified atom stereocenters. The Balaban J connectivity index is 2.01. The van der Waals surface area contributed by atoms with E-state index in [0.29, 0.717) is 22.4 Å². The third-order valence-corrected chi connectivity index (χ3v) is 4.43. The van der Waals surface area contributed by atoms with Crippen molar-refractivity contribution in [3.05, 3.63) is 100.0 Å². The molecule has 1 aliphatic rings. The van der Waals surface area contributed by atoms with E-state index >= 15 is 0 Å². The van der Waals surface area contributed by atoms with Crippen LogP contribution in [0.4, 0.5) is 5.69 Å². The zero-order chi connectivity index (χ0) is 17.4. The Labute approximate surface area is 143 Å². The van der Waals surface area contributed by atoms with Gasteiger partial charge < -0.3 is 9.84 Å². The SMILES string of the molecule is O=Nc1ccc(C2(c3ccc(O)cc3)OC(=O)c3ccccc32)cc1. The van der Waals surface area contributed by atoms with Crippen LogP contribution >= 0.6 is 0 Å². The van der Waals surface area contributed by atoms with Gasteiger partial charge in [-0.25, -0.2) is 4.79 Å². The van der Waals surface area contributed by atoms with Crippen LogP contribution in [0.2, 0.25) is 0 Å². The molecule has 3 aromatic rings. The third-order valence-electron chi connectivity index (χ3n) is 4.43. The van der Waals surface area contributed by atoms with Crippen LogP contribution in [0.3, 0.4) is 0 Å². The molecule has 25 heavy (non-hydrogen) atoms. The van der Waals surface area contributed by atoms with Crippen LogP contribution in [0, 0.1) is 4.91 Å². The molecule has 0 aromatic heterocycles. The van der Waals surface area contributed by atoms with Crippen LogP contribution in [0.5, 0.6) is 5.75 Å². The van der Waals surface area contributed by atoms with Gasteiger partial charge in [0.1, 0.15) is 11.4 Å². The number of cyclic esters (lactones) is 1. The molecule has 0 bridgehead atoms. The quantitative estimate of drug-likeness (QED) is 0.575. The van der Waals surface area contributed by atoms with Gasteiger partial charge >= 0.3 is 5.97 Å². The Hall–Kier alpha value is -3.47. The van der Waals surface area contributed by atoms with Gasteiger partial charge in [-0.05, 0) is 35.5 Å². The highest BCUT2D eigenvalue weighted by Crippen LogP contribution is 2.47. The fourth-order valence-electron chi connectivity index (χ4n) is 3.27. The summed E-state index contributed by atoms with van der Waals surface area (Å²) >= 11 is 0. The van der Waals surface area contributed by atoms with Crippen molar-refractivity contribution < 1.29 is 14.6 Å². The lowest BCUT2D eigenvalue weighted by Gasteiger charge is -2.30. The van der Waals surface area contributed by atoms with Crippen molar-refractivity contribution in [1.82, 2.24) is 0 Å². The standard InChI is InChI=1S/C20H13NO4/c22-16-11-7-14(8-12-16)20(13-5-9-15(21-24)10-6-13)18-4-2-1-3-17(18)19(23)25-20/h1-12,22H. The largest absolute Gasteiger partial charge is 0.508 e. The molecule has 122 valence electrons. The van der Waals surface area contributed by atoms with Crippen molar-refractivity contribution in [2.24, 2.45) is 5.18 Å². The number of carbonyl (C=O) groups excluding carboxylic acids is 1. The van der Waals surface area contributed by atoms with Crippen molar-refractivity contribution >= 4 is 11.7 Å². The number of ether oxygens (including phenoxy) is 1. The first-order chi connectivity index (χ1) is 12.1. The number of rotatable bonds is 3. The number of carbonyl (C=O) groups is 1. The second-order valence-electron chi connectivity index (χ2n) is 5.80. The van der Waals surface area contributed by atoms with E-state index in [1.807, 2.05) is 12.1 Å². The van der Waals surface area contributed by atoms with Crippen molar-refractivity contribution in [3.63, 3.8) is 0 Å². The number of phenolic OH excluding ortho intramolecular Hbond substituents is 1. The summed E-state index contributed by atoms with van der Waals surface area (Å²) in [6.45, 7) is 0. The number of nitrogens with zero attached hydrogens (tertiary/aromatic N) is 1. The summed E-state index contributed by atoms with van der Waals surface area (Å²) in [5.74, 6) is -0.293. The summed E-state index contributed by atoms with van der Waals surface area (Å²) < 4.78 is 5.88. The molecular formula is C20H13NO4. The van der Waals surface area contributed by atoms with Gasteiger partial charge in [0.05, 0.1) is 5.56 Å². The van der Waals surface area contributed by atoms with Crippen LogP contribution in [-0.4, -0.2) is 11.1 Å². The second kappa shape index (κ2) is 5.56. The molecule has 0 fully saturated rings. The average molecular weight is 331 g/mol. The Kier molecular flexibility index (Phi) is 3.35. The maximum atomic E-state index is 12.5. The minimum atomic E-state index is -1.14. The monoisotopic (exact) mass is 331 g/mol. The summed E-state index contributed by atoms with van der Waals surface area (Å²) in [5.41, 5.74) is 1.77. The average Bonchev–Trinajstić information content (AvgIpc) is 2.96. The number of hydrogen-bond acceptors (Lipinski definition) is 5. The summed E-state index contributed by atoms with van der Waals surface area (Å²) in [6, 6.07) is 20.3. The number of esters is 1. The smallest absolute Gasteiger partial charge is 0.340 e. The number of aromatic hydroxyl groups is 1. The van der Waals surface area contributed by atoms with Crippen molar-refractivity contribution in [1.29, 1.82) is 0 Å². The first kappa shape index (κ1) is 15.1. The molecule has 1 heterocycles. The minimum Gasteiger partial charge on any atom is -0.508 e. The zero-order valence-corrected chi connectivity index (χ0v) is 13.0. The minimum absolute atomic E-state index is 0.122. The van der Waals surface area contributed by atoms with Gasteiger partial charge in [0, 0.05) is 16.7 Å². The summed E-state index contributed by atoms with van der Waals surface area (Å²) in [6.07, 6.45) is 0. The fraction of sp³-hybridized carbons (Fsp3) is 0.0500. The highest BCUT2D eigenvalue weighted by Gasteiger charge is 2.48. The van der Waals surface area contributed by atoms with Gasteiger partial charge in [0.25, 0.3) is 0 Å². The topological polar surface area (TPSA) is 76.0 Å². The van der Waals surface area contributed by atoms with Gasteiger partial charge in [0.15, 0.2) is 5.60 Å². The molecule has 0 radical (unpaired) electrons. The van der Waals surface area contributed by atoms with Gasteiger partial charge in [-0.15, -0.1) is 4.91 Å². The predicted molar refractivity (Wildman–Crippen MR) is 91.7 cm³/mol. The molecule has 0 saturated heterocycles. The highest BCUT2D eigenvalue weighted by molar-refractivity contribution is 5.96. The lowest BCUT2D eigenvalue weighted by Crippen LogP contribution is -2.29. The van der Waals surface area contributed by atoms with E-state index in [9.17, 15) is 14.8 Å². The first-order valence-electron chi connectivity index (χ1n) is 7.71. The molecule has 5 heteroatoms. The lowest BCUT2D eigenvalue weighted by atomic mass is 9.80. The van der Waals surface area contributed by atoms with E-state index in [1.165, 1.54) is 0 Å². The normalized spacial score (nSPS) is 18.5. The van der Waals surface area contributed by atoms with E-state index in [1.54, 1.807) is 60.7 Å². The molecule has 1 aliphatic heterocycles. The molecule has 0 spiro atoms. The number of hydrogen-bond donors (Lipinski definition) is 1. The fourth-order valence-corrected chi connectivity index (χ4v) is 3.27. The van der Waals surface area contributed by atoms with E-state index in [4.69, 9.17) is 4.74 Å². The number of benzene rings is 3. The molecule has 0 amide bonds. The molecule has 1 N–H and O–H groups in total. The molecule has 1 atom stereocenters. The number of fused-ring (bicyclic) bond motifs is 1. The summed E-state index contributed by atoms with van der Waals surface area (Å²) in [5, 5.41) is 12.5. The van der Waals surface area contributed by atoms with E-state index < -0.39 is 11.6 Å². The first-order valence-corrected chi connectivity index (χ1v) is 7.71. The predicted octanol–water partition coefficient (Wildman–Crippen LogP) is 4.25. The highest BCUT2D eigenvalue weighted by atomic mass is 16.6. The van der Waals surface area contributed by atoms with Gasteiger partial charge in [-0.1, -0.05) is 42.5 Å². The lowest BCUT2D eigenvalue weighted by molar-refractivity contribution is 0.0251. The van der Waals surface area contributed by atoms with Crippen LogP contribution < -0.4 is 0 Å². The summed E-state index contributed by atoms with van der Waals surface area (Å²) in [7, 11) is 0.